The Labute approximate surface area is 253 Å². The Morgan fingerprint density at radius 3 is 2.38 bits per heavy atom. The van der Waals surface area contributed by atoms with E-state index < -0.39 is 29.7 Å². The molecule has 2 unspecified atom stereocenters. The van der Waals surface area contributed by atoms with Gasteiger partial charge in [-0.2, -0.15) is 11.8 Å². The van der Waals surface area contributed by atoms with Crippen LogP contribution in [0.2, 0.25) is 0 Å². The fourth-order valence-corrected chi connectivity index (χ4v) is 5.16. The molecule has 0 fully saturated rings. The number of ether oxygens (including phenoxy) is 1. The lowest BCUT2D eigenvalue weighted by molar-refractivity contribution is -0.141. The number of hydrogen-bond acceptors (Lipinski definition) is 6. The van der Waals surface area contributed by atoms with Crippen molar-refractivity contribution in [2.75, 3.05) is 23.9 Å². The molecule has 9 heteroatoms. The minimum absolute atomic E-state index is 0.0113. The van der Waals surface area contributed by atoms with Gasteiger partial charge in [0.1, 0.15) is 23.4 Å². The van der Waals surface area contributed by atoms with E-state index in [1.54, 1.807) is 44.7 Å². The van der Waals surface area contributed by atoms with Crippen LogP contribution in [0.15, 0.2) is 66.7 Å². The minimum Gasteiger partial charge on any atom is -0.508 e. The topological polar surface area (TPSA) is 108 Å². The smallest absolute Gasteiger partial charge is 0.408 e. The van der Waals surface area contributed by atoms with Gasteiger partial charge >= 0.3 is 6.09 Å². The zero-order chi connectivity index (χ0) is 30.7. The van der Waals surface area contributed by atoms with Gasteiger partial charge in [-0.15, -0.1) is 0 Å². The van der Waals surface area contributed by atoms with Crippen LogP contribution in [0.4, 0.5) is 10.5 Å². The standard InChI is InChI=1S/C33H43N3O5S/c1-6-7-10-19-36(31(39)28(18-20-42-5)35-32(40)41-33(2,3)4)29(25-14-11-15-27(37)22-25)30(38)34-26-17-16-23-12-8-9-13-24(23)21-26/h8-9,11-17,21-22,28-29,37H,6-7,10,18-20H2,1-5H3,(H,34,38)(H,35,40). The fourth-order valence-electron chi connectivity index (χ4n) is 4.69. The van der Waals surface area contributed by atoms with Crippen LogP contribution in [-0.2, 0) is 14.3 Å². The predicted molar refractivity (Wildman–Crippen MR) is 171 cm³/mol. The van der Waals surface area contributed by atoms with Gasteiger partial charge < -0.3 is 25.4 Å². The SMILES string of the molecule is CCCCCN(C(=O)C(CCSC)NC(=O)OC(C)(C)C)C(C(=O)Nc1ccc2ccccc2c1)c1cccc(O)c1. The molecule has 8 nitrogen and oxygen atoms in total. The highest BCUT2D eigenvalue weighted by Gasteiger charge is 2.36. The summed E-state index contributed by atoms with van der Waals surface area (Å²) in [6.45, 7) is 7.65. The van der Waals surface area contributed by atoms with E-state index in [0.717, 1.165) is 23.6 Å². The summed E-state index contributed by atoms with van der Waals surface area (Å²) in [5.41, 5.74) is 0.330. The van der Waals surface area contributed by atoms with Crippen LogP contribution in [0.25, 0.3) is 10.8 Å². The molecule has 42 heavy (non-hydrogen) atoms. The summed E-state index contributed by atoms with van der Waals surface area (Å²) in [4.78, 5) is 42.7. The van der Waals surface area contributed by atoms with Crippen molar-refractivity contribution >= 4 is 46.1 Å². The van der Waals surface area contributed by atoms with Crippen molar-refractivity contribution in [3.05, 3.63) is 72.3 Å². The predicted octanol–water partition coefficient (Wildman–Crippen LogP) is 6.89. The van der Waals surface area contributed by atoms with Crippen molar-refractivity contribution in [1.29, 1.82) is 0 Å². The third kappa shape index (κ3) is 9.69. The van der Waals surface area contributed by atoms with E-state index in [9.17, 15) is 19.5 Å². The third-order valence-corrected chi connectivity index (χ3v) is 7.29. The maximum atomic E-state index is 14.3. The summed E-state index contributed by atoms with van der Waals surface area (Å²) in [6.07, 6.45) is 4.06. The monoisotopic (exact) mass is 593 g/mol. The maximum absolute atomic E-state index is 14.3. The molecule has 0 aliphatic carbocycles. The lowest BCUT2D eigenvalue weighted by Crippen LogP contribution is -2.52. The zero-order valence-corrected chi connectivity index (χ0v) is 26.0. The fraction of sp³-hybridized carbons (Fsp3) is 0.424. The molecular weight excluding hydrogens is 550 g/mol. The molecule has 2 atom stereocenters. The van der Waals surface area contributed by atoms with Crippen molar-refractivity contribution in [1.82, 2.24) is 10.2 Å². The van der Waals surface area contributed by atoms with E-state index >= 15 is 0 Å². The van der Waals surface area contributed by atoms with Crippen LogP contribution < -0.4 is 10.6 Å². The number of anilines is 1. The molecule has 3 aromatic rings. The van der Waals surface area contributed by atoms with E-state index in [-0.39, 0.29) is 11.7 Å². The number of unbranched alkanes of at least 4 members (excludes halogenated alkanes) is 2. The van der Waals surface area contributed by atoms with Crippen LogP contribution >= 0.6 is 11.8 Å². The molecule has 226 valence electrons. The van der Waals surface area contributed by atoms with Crippen molar-refractivity contribution < 1.29 is 24.2 Å². The van der Waals surface area contributed by atoms with Gasteiger partial charge in [0.25, 0.3) is 5.91 Å². The van der Waals surface area contributed by atoms with E-state index in [2.05, 4.69) is 17.6 Å². The molecule has 0 bridgehead atoms. The second kappa shape index (κ2) is 15.5. The van der Waals surface area contributed by atoms with Gasteiger partial charge in [-0.05, 0) is 86.2 Å². The van der Waals surface area contributed by atoms with E-state index in [0.29, 0.717) is 36.4 Å². The molecule has 3 rings (SSSR count). The van der Waals surface area contributed by atoms with Gasteiger partial charge in [-0.25, -0.2) is 4.79 Å². The summed E-state index contributed by atoms with van der Waals surface area (Å²) in [5.74, 6) is -0.188. The first-order valence-electron chi connectivity index (χ1n) is 14.4. The van der Waals surface area contributed by atoms with Crippen molar-refractivity contribution in [2.24, 2.45) is 0 Å². The van der Waals surface area contributed by atoms with Crippen LogP contribution in [0.3, 0.4) is 0 Å². The zero-order valence-electron chi connectivity index (χ0n) is 25.2. The second-order valence-electron chi connectivity index (χ2n) is 11.3. The Balaban J connectivity index is 2.02. The Morgan fingerprint density at radius 2 is 1.71 bits per heavy atom. The second-order valence-corrected chi connectivity index (χ2v) is 12.3. The van der Waals surface area contributed by atoms with Gasteiger partial charge in [0.05, 0.1) is 0 Å². The number of carbonyl (C=O) groups excluding carboxylic acids is 3. The summed E-state index contributed by atoms with van der Waals surface area (Å²) < 4.78 is 5.46. The number of carbonyl (C=O) groups is 3. The highest BCUT2D eigenvalue weighted by Crippen LogP contribution is 2.29. The van der Waals surface area contributed by atoms with E-state index in [4.69, 9.17) is 4.74 Å². The lowest BCUT2D eigenvalue weighted by Gasteiger charge is -2.34. The number of amides is 3. The van der Waals surface area contributed by atoms with Crippen LogP contribution in [-0.4, -0.2) is 58.1 Å². The quantitative estimate of drug-likeness (QED) is 0.186. The molecule has 0 saturated heterocycles. The first-order valence-corrected chi connectivity index (χ1v) is 15.8. The molecule has 0 aliphatic rings. The number of thioether (sulfide) groups is 1. The molecular formula is C33H43N3O5S. The first kappa shape index (κ1) is 32.8. The number of benzene rings is 3. The first-order chi connectivity index (χ1) is 20.0. The molecule has 0 heterocycles. The molecule has 3 amide bonds. The summed E-state index contributed by atoms with van der Waals surface area (Å²) >= 11 is 1.56. The Hall–Kier alpha value is -3.72. The summed E-state index contributed by atoms with van der Waals surface area (Å²) in [5, 5.41) is 18.1. The van der Waals surface area contributed by atoms with Gasteiger partial charge in [0, 0.05) is 12.2 Å². The lowest BCUT2D eigenvalue weighted by atomic mass is 10.0. The molecule has 0 spiro atoms. The number of nitrogens with zero attached hydrogens (tertiary/aromatic N) is 1. The Kier molecular flexibility index (Phi) is 12.1. The average Bonchev–Trinajstić information content (AvgIpc) is 2.93. The largest absolute Gasteiger partial charge is 0.508 e. The maximum Gasteiger partial charge on any atom is 0.408 e. The molecule has 3 N–H and O–H groups in total. The van der Waals surface area contributed by atoms with Gasteiger partial charge in [0.15, 0.2) is 0 Å². The van der Waals surface area contributed by atoms with Crippen molar-refractivity contribution in [3.63, 3.8) is 0 Å². The third-order valence-electron chi connectivity index (χ3n) is 6.65. The summed E-state index contributed by atoms with van der Waals surface area (Å²) in [7, 11) is 0. The molecule has 0 aliphatic heterocycles. The molecule has 0 aromatic heterocycles. The normalized spacial score (nSPS) is 12.8. The van der Waals surface area contributed by atoms with Crippen LogP contribution in [0.5, 0.6) is 5.75 Å². The average molecular weight is 594 g/mol. The highest BCUT2D eigenvalue weighted by molar-refractivity contribution is 7.98. The number of rotatable bonds is 13. The van der Waals surface area contributed by atoms with E-state index in [1.165, 1.54) is 17.0 Å². The summed E-state index contributed by atoms with van der Waals surface area (Å²) in [6, 6.07) is 18.0. The van der Waals surface area contributed by atoms with Crippen molar-refractivity contribution in [3.8, 4) is 5.75 Å². The molecule has 0 saturated carbocycles. The molecule has 3 aromatic carbocycles. The number of aromatic hydroxyl groups is 1. The van der Waals surface area contributed by atoms with E-state index in [1.807, 2.05) is 48.7 Å². The Morgan fingerprint density at radius 1 is 0.976 bits per heavy atom. The van der Waals surface area contributed by atoms with Crippen molar-refractivity contribution in [2.45, 2.75) is 71.1 Å². The number of fused-ring (bicyclic) bond motifs is 1. The number of phenols is 1. The van der Waals surface area contributed by atoms with Gasteiger partial charge in [-0.3, -0.25) is 9.59 Å². The number of alkyl carbamates (subject to hydrolysis) is 1. The van der Waals surface area contributed by atoms with Gasteiger partial charge in [0.2, 0.25) is 5.91 Å². The minimum atomic E-state index is -1.05. The van der Waals surface area contributed by atoms with Gasteiger partial charge in [-0.1, -0.05) is 62.2 Å². The molecule has 0 radical (unpaired) electrons. The number of nitrogens with one attached hydrogen (secondary N) is 2. The van der Waals surface area contributed by atoms with Crippen LogP contribution in [0.1, 0.15) is 65.0 Å². The van der Waals surface area contributed by atoms with Crippen LogP contribution in [0, 0.1) is 0 Å². The number of phenolic OH excluding ortho intramolecular Hbond substituents is 1. The highest BCUT2D eigenvalue weighted by atomic mass is 32.2. The Bertz CT molecular complexity index is 1360. The number of hydrogen-bond donors (Lipinski definition) is 3.